The summed E-state index contributed by atoms with van der Waals surface area (Å²) in [5, 5.41) is 0. The van der Waals surface area contributed by atoms with E-state index in [-0.39, 0.29) is 5.78 Å². The Kier molecular flexibility index (Phi) is 3.47. The van der Waals surface area contributed by atoms with E-state index in [0.717, 1.165) is 6.42 Å². The molecule has 1 atom stereocenters. The van der Waals surface area contributed by atoms with Gasteiger partial charge in [-0.1, -0.05) is 17.2 Å². The second kappa shape index (κ2) is 4.40. The Labute approximate surface area is 80.5 Å². The van der Waals surface area contributed by atoms with Crippen molar-refractivity contribution in [2.45, 2.75) is 40.0 Å². The quantitative estimate of drug-likeness (QED) is 0.468. The van der Waals surface area contributed by atoms with Crippen molar-refractivity contribution in [3.63, 3.8) is 0 Å². The third-order valence-electron chi connectivity index (χ3n) is 2.71. The molecule has 1 nitrogen and oxygen atoms in total. The maximum absolute atomic E-state index is 10.9. The number of hydrogen-bond donors (Lipinski definition) is 0. The van der Waals surface area contributed by atoms with Crippen molar-refractivity contribution >= 4 is 5.78 Å². The lowest BCUT2D eigenvalue weighted by molar-refractivity contribution is -0.112. The van der Waals surface area contributed by atoms with Crippen LogP contribution in [0.2, 0.25) is 0 Å². The predicted molar refractivity (Wildman–Crippen MR) is 55.5 cm³/mol. The molecule has 0 heterocycles. The van der Waals surface area contributed by atoms with Gasteiger partial charge in [0.25, 0.3) is 0 Å². The molecule has 1 rings (SSSR count). The zero-order valence-corrected chi connectivity index (χ0v) is 8.76. The molecule has 0 N–H and O–H groups in total. The van der Waals surface area contributed by atoms with Gasteiger partial charge in [0, 0.05) is 0 Å². The van der Waals surface area contributed by atoms with E-state index in [0.29, 0.717) is 5.92 Å². The van der Waals surface area contributed by atoms with Gasteiger partial charge in [-0.05, 0) is 52.0 Å². The van der Waals surface area contributed by atoms with Crippen LogP contribution in [0.5, 0.6) is 0 Å². The molecule has 1 heteroatoms. The highest BCUT2D eigenvalue weighted by Crippen LogP contribution is 2.28. The smallest absolute Gasteiger partial charge is 0.152 e. The van der Waals surface area contributed by atoms with Gasteiger partial charge in [0.05, 0.1) is 0 Å². The minimum Gasteiger partial charge on any atom is -0.295 e. The summed E-state index contributed by atoms with van der Waals surface area (Å²) in [6.07, 6.45) is 7.58. The summed E-state index contributed by atoms with van der Waals surface area (Å²) in [5.41, 5.74) is 2.74. The van der Waals surface area contributed by atoms with E-state index in [9.17, 15) is 4.79 Å². The van der Waals surface area contributed by atoms with E-state index in [2.05, 4.69) is 19.9 Å². The van der Waals surface area contributed by atoms with Gasteiger partial charge in [-0.25, -0.2) is 0 Å². The normalized spacial score (nSPS) is 24.1. The highest BCUT2D eigenvalue weighted by molar-refractivity contribution is 5.87. The molecule has 0 radical (unpaired) electrons. The van der Waals surface area contributed by atoms with Crippen LogP contribution in [0.4, 0.5) is 0 Å². The molecule has 0 fully saturated rings. The number of carbonyl (C=O) groups is 1. The van der Waals surface area contributed by atoms with Crippen molar-refractivity contribution < 1.29 is 4.79 Å². The summed E-state index contributed by atoms with van der Waals surface area (Å²) < 4.78 is 0. The van der Waals surface area contributed by atoms with Crippen molar-refractivity contribution in [1.29, 1.82) is 0 Å². The van der Waals surface area contributed by atoms with Gasteiger partial charge < -0.3 is 0 Å². The standard InChI is InChI=1S/C12H18O/c1-9-4-6-12(7-5-9)10(2)8-11(3)13/h4,8,12H,5-7H2,1-3H3. The molecule has 0 aromatic carbocycles. The third kappa shape index (κ3) is 3.17. The van der Waals surface area contributed by atoms with Gasteiger partial charge >= 0.3 is 0 Å². The van der Waals surface area contributed by atoms with Crippen LogP contribution in [0.1, 0.15) is 40.0 Å². The number of carbonyl (C=O) groups excluding carboxylic acids is 1. The SMILES string of the molecule is CC(=O)C=C(C)C1CC=C(C)CC1. The first kappa shape index (κ1) is 10.2. The first-order valence-electron chi connectivity index (χ1n) is 4.94. The number of hydrogen-bond acceptors (Lipinski definition) is 1. The van der Waals surface area contributed by atoms with E-state index < -0.39 is 0 Å². The Morgan fingerprint density at radius 2 is 2.23 bits per heavy atom. The molecule has 0 spiro atoms. The lowest BCUT2D eigenvalue weighted by Gasteiger charge is -2.20. The molecule has 0 amide bonds. The molecular weight excluding hydrogens is 160 g/mol. The van der Waals surface area contributed by atoms with Crippen LogP contribution in [-0.2, 0) is 4.79 Å². The number of allylic oxidation sites excluding steroid dienone is 4. The molecule has 0 saturated carbocycles. The fourth-order valence-corrected chi connectivity index (χ4v) is 1.82. The second-order valence-electron chi connectivity index (χ2n) is 4.02. The fraction of sp³-hybridized carbons (Fsp3) is 0.583. The Morgan fingerprint density at radius 3 is 2.69 bits per heavy atom. The summed E-state index contributed by atoms with van der Waals surface area (Å²) in [7, 11) is 0. The molecule has 13 heavy (non-hydrogen) atoms. The van der Waals surface area contributed by atoms with Gasteiger partial charge in [-0.3, -0.25) is 4.79 Å². The Hall–Kier alpha value is -0.850. The minimum absolute atomic E-state index is 0.170. The lowest BCUT2D eigenvalue weighted by Crippen LogP contribution is -2.07. The topological polar surface area (TPSA) is 17.1 Å². The molecule has 0 saturated heterocycles. The third-order valence-corrected chi connectivity index (χ3v) is 2.71. The van der Waals surface area contributed by atoms with E-state index in [4.69, 9.17) is 0 Å². The summed E-state index contributed by atoms with van der Waals surface area (Å²) in [6, 6.07) is 0. The lowest BCUT2D eigenvalue weighted by atomic mass is 9.85. The van der Waals surface area contributed by atoms with E-state index >= 15 is 0 Å². The molecule has 0 bridgehead atoms. The second-order valence-corrected chi connectivity index (χ2v) is 4.02. The Morgan fingerprint density at radius 1 is 1.54 bits per heavy atom. The van der Waals surface area contributed by atoms with E-state index in [1.807, 2.05) is 0 Å². The minimum atomic E-state index is 0.170. The van der Waals surface area contributed by atoms with Crippen molar-refractivity contribution in [2.75, 3.05) is 0 Å². The van der Waals surface area contributed by atoms with Crippen molar-refractivity contribution in [3.8, 4) is 0 Å². The molecule has 1 unspecified atom stereocenters. The first-order chi connectivity index (χ1) is 6.09. The van der Waals surface area contributed by atoms with Crippen molar-refractivity contribution in [2.24, 2.45) is 5.92 Å². The summed E-state index contributed by atoms with van der Waals surface area (Å²) in [4.78, 5) is 10.9. The van der Waals surface area contributed by atoms with Crippen LogP contribution >= 0.6 is 0 Å². The molecule has 1 aliphatic carbocycles. The maximum Gasteiger partial charge on any atom is 0.152 e. The summed E-state index contributed by atoms with van der Waals surface area (Å²) >= 11 is 0. The van der Waals surface area contributed by atoms with E-state index in [1.54, 1.807) is 13.0 Å². The van der Waals surface area contributed by atoms with Gasteiger partial charge in [0.15, 0.2) is 5.78 Å². The first-order valence-corrected chi connectivity index (χ1v) is 4.94. The van der Waals surface area contributed by atoms with Gasteiger partial charge in [-0.15, -0.1) is 0 Å². The molecular formula is C12H18O. The number of rotatable bonds is 2. The molecule has 0 aromatic heterocycles. The van der Waals surface area contributed by atoms with Gasteiger partial charge in [-0.2, -0.15) is 0 Å². The van der Waals surface area contributed by atoms with Crippen molar-refractivity contribution in [1.82, 2.24) is 0 Å². The van der Waals surface area contributed by atoms with Crippen LogP contribution in [0.15, 0.2) is 23.3 Å². The van der Waals surface area contributed by atoms with Gasteiger partial charge in [0.2, 0.25) is 0 Å². The van der Waals surface area contributed by atoms with Crippen LogP contribution in [-0.4, -0.2) is 5.78 Å². The fourth-order valence-electron chi connectivity index (χ4n) is 1.82. The Bertz CT molecular complexity index is 258. The highest BCUT2D eigenvalue weighted by Gasteiger charge is 2.13. The van der Waals surface area contributed by atoms with Crippen molar-refractivity contribution in [3.05, 3.63) is 23.3 Å². The molecule has 72 valence electrons. The van der Waals surface area contributed by atoms with Crippen LogP contribution < -0.4 is 0 Å². The van der Waals surface area contributed by atoms with Gasteiger partial charge in [0.1, 0.15) is 0 Å². The largest absolute Gasteiger partial charge is 0.295 e. The average molecular weight is 178 g/mol. The molecule has 0 aliphatic heterocycles. The zero-order chi connectivity index (χ0) is 9.84. The highest BCUT2D eigenvalue weighted by atomic mass is 16.1. The van der Waals surface area contributed by atoms with E-state index in [1.165, 1.54) is 24.0 Å². The predicted octanol–water partition coefficient (Wildman–Crippen LogP) is 3.27. The average Bonchev–Trinajstić information content (AvgIpc) is 2.04. The zero-order valence-electron chi connectivity index (χ0n) is 8.76. The maximum atomic E-state index is 10.9. The number of ketones is 1. The summed E-state index contributed by atoms with van der Waals surface area (Å²) in [5.74, 6) is 0.774. The monoisotopic (exact) mass is 178 g/mol. The molecule has 0 aromatic rings. The van der Waals surface area contributed by atoms with Crippen LogP contribution in [0, 0.1) is 5.92 Å². The molecule has 1 aliphatic rings. The van der Waals surface area contributed by atoms with Crippen LogP contribution in [0.25, 0.3) is 0 Å². The summed E-state index contributed by atoms with van der Waals surface area (Å²) in [6.45, 7) is 5.87. The Balaban J connectivity index is 2.60. The van der Waals surface area contributed by atoms with Crippen LogP contribution in [0.3, 0.4) is 0 Å².